The average molecular weight is 230 g/mol. The number of rotatable bonds is 5. The van der Waals surface area contributed by atoms with Crippen LogP contribution in [0.2, 0.25) is 0 Å². The smallest absolute Gasteiger partial charge is 0.0609 e. The fourth-order valence-electron chi connectivity index (χ4n) is 1.88. The SMILES string of the molecule is CC(CC(C)(N)CO)N(C)C(C)C(C)(C)C. The summed E-state index contributed by atoms with van der Waals surface area (Å²) in [5.74, 6) is 0. The first-order valence-electron chi connectivity index (χ1n) is 6.13. The number of hydrogen-bond donors (Lipinski definition) is 2. The summed E-state index contributed by atoms with van der Waals surface area (Å²) in [6.07, 6.45) is 0.806. The van der Waals surface area contributed by atoms with Gasteiger partial charge in [-0.05, 0) is 39.7 Å². The molecule has 3 heteroatoms. The standard InChI is InChI=1S/C13H30N2O/c1-10(8-13(6,14)9-16)15(7)11(2)12(3,4)5/h10-11,16H,8-9,14H2,1-7H3. The van der Waals surface area contributed by atoms with Gasteiger partial charge in [-0.1, -0.05) is 20.8 Å². The predicted molar refractivity (Wildman–Crippen MR) is 70.4 cm³/mol. The van der Waals surface area contributed by atoms with Gasteiger partial charge in [-0.15, -0.1) is 0 Å². The summed E-state index contributed by atoms with van der Waals surface area (Å²) in [6.45, 7) is 13.1. The lowest BCUT2D eigenvalue weighted by molar-refractivity contribution is 0.0795. The van der Waals surface area contributed by atoms with E-state index in [2.05, 4.69) is 46.6 Å². The number of aliphatic hydroxyl groups is 1. The Labute approximate surface area is 101 Å². The van der Waals surface area contributed by atoms with Crippen LogP contribution in [-0.4, -0.2) is 41.3 Å². The molecule has 0 bridgehead atoms. The highest BCUT2D eigenvalue weighted by Crippen LogP contribution is 2.26. The van der Waals surface area contributed by atoms with Gasteiger partial charge >= 0.3 is 0 Å². The van der Waals surface area contributed by atoms with Crippen molar-refractivity contribution in [3.63, 3.8) is 0 Å². The maximum Gasteiger partial charge on any atom is 0.0609 e. The Morgan fingerprint density at radius 2 is 1.62 bits per heavy atom. The van der Waals surface area contributed by atoms with Gasteiger partial charge in [0, 0.05) is 17.6 Å². The normalized spacial score (nSPS) is 20.6. The van der Waals surface area contributed by atoms with Gasteiger partial charge in [-0.2, -0.15) is 0 Å². The quantitative estimate of drug-likeness (QED) is 0.758. The number of aliphatic hydroxyl groups excluding tert-OH is 1. The molecule has 0 aromatic heterocycles. The van der Waals surface area contributed by atoms with Gasteiger partial charge in [0.1, 0.15) is 0 Å². The molecule has 98 valence electrons. The second-order valence-electron chi connectivity index (χ2n) is 6.57. The van der Waals surface area contributed by atoms with Crippen molar-refractivity contribution in [1.82, 2.24) is 4.90 Å². The predicted octanol–water partition coefficient (Wildman–Crippen LogP) is 1.84. The molecule has 0 aromatic carbocycles. The summed E-state index contributed by atoms with van der Waals surface area (Å²) < 4.78 is 0. The Morgan fingerprint density at radius 1 is 1.19 bits per heavy atom. The first-order chi connectivity index (χ1) is 7.01. The van der Waals surface area contributed by atoms with Crippen molar-refractivity contribution in [3.8, 4) is 0 Å². The zero-order valence-electron chi connectivity index (χ0n) is 12.0. The van der Waals surface area contributed by atoms with Crippen molar-refractivity contribution in [2.75, 3.05) is 13.7 Å². The van der Waals surface area contributed by atoms with E-state index in [9.17, 15) is 5.11 Å². The van der Waals surface area contributed by atoms with Crippen molar-refractivity contribution >= 4 is 0 Å². The molecule has 3 atom stereocenters. The van der Waals surface area contributed by atoms with Gasteiger partial charge in [0.2, 0.25) is 0 Å². The Morgan fingerprint density at radius 3 is 1.94 bits per heavy atom. The highest BCUT2D eigenvalue weighted by molar-refractivity contribution is 4.86. The maximum atomic E-state index is 9.18. The monoisotopic (exact) mass is 230 g/mol. The molecule has 0 aliphatic heterocycles. The third-order valence-electron chi connectivity index (χ3n) is 3.68. The fraction of sp³-hybridized carbons (Fsp3) is 1.00. The van der Waals surface area contributed by atoms with Gasteiger partial charge in [-0.3, -0.25) is 0 Å². The van der Waals surface area contributed by atoms with E-state index in [1.165, 1.54) is 0 Å². The largest absolute Gasteiger partial charge is 0.394 e. The molecule has 0 aromatic rings. The van der Waals surface area contributed by atoms with Crippen LogP contribution in [0.25, 0.3) is 0 Å². The van der Waals surface area contributed by atoms with E-state index in [1.54, 1.807) is 0 Å². The first-order valence-corrected chi connectivity index (χ1v) is 6.13. The molecule has 0 amide bonds. The molecule has 0 saturated heterocycles. The number of nitrogens with two attached hydrogens (primary N) is 1. The topological polar surface area (TPSA) is 49.5 Å². The highest BCUT2D eigenvalue weighted by Gasteiger charge is 2.29. The second-order valence-corrected chi connectivity index (χ2v) is 6.57. The maximum absolute atomic E-state index is 9.18. The zero-order chi connectivity index (χ0) is 13.1. The second kappa shape index (κ2) is 5.48. The highest BCUT2D eigenvalue weighted by atomic mass is 16.3. The van der Waals surface area contributed by atoms with Crippen LogP contribution in [-0.2, 0) is 0 Å². The average Bonchev–Trinajstić information content (AvgIpc) is 2.13. The van der Waals surface area contributed by atoms with Gasteiger partial charge < -0.3 is 15.7 Å². The lowest BCUT2D eigenvalue weighted by atomic mass is 9.85. The van der Waals surface area contributed by atoms with Crippen LogP contribution in [0.4, 0.5) is 0 Å². The molecule has 3 nitrogen and oxygen atoms in total. The molecule has 3 N–H and O–H groups in total. The van der Waals surface area contributed by atoms with Gasteiger partial charge in [0.05, 0.1) is 6.61 Å². The van der Waals surface area contributed by atoms with Crippen LogP contribution in [0.3, 0.4) is 0 Å². The van der Waals surface area contributed by atoms with E-state index in [0.29, 0.717) is 12.1 Å². The third-order valence-corrected chi connectivity index (χ3v) is 3.68. The molecule has 0 radical (unpaired) electrons. The van der Waals surface area contributed by atoms with Gasteiger partial charge in [0.25, 0.3) is 0 Å². The molecule has 0 spiro atoms. The minimum atomic E-state index is -0.481. The number of hydrogen-bond acceptors (Lipinski definition) is 3. The summed E-state index contributed by atoms with van der Waals surface area (Å²) in [5.41, 5.74) is 5.76. The molecule has 16 heavy (non-hydrogen) atoms. The minimum absolute atomic E-state index is 0.0368. The molecule has 3 unspecified atom stereocenters. The van der Waals surface area contributed by atoms with Crippen molar-refractivity contribution in [2.24, 2.45) is 11.1 Å². The van der Waals surface area contributed by atoms with Crippen LogP contribution in [0, 0.1) is 5.41 Å². The van der Waals surface area contributed by atoms with E-state index in [-0.39, 0.29) is 12.0 Å². The molecule has 0 fully saturated rings. The molecular weight excluding hydrogens is 200 g/mol. The molecule has 0 aliphatic carbocycles. The van der Waals surface area contributed by atoms with E-state index in [0.717, 1.165) is 6.42 Å². The van der Waals surface area contributed by atoms with Crippen LogP contribution in [0.15, 0.2) is 0 Å². The van der Waals surface area contributed by atoms with Gasteiger partial charge in [0.15, 0.2) is 0 Å². The fourth-order valence-corrected chi connectivity index (χ4v) is 1.88. The van der Waals surface area contributed by atoms with E-state index in [4.69, 9.17) is 5.73 Å². The van der Waals surface area contributed by atoms with E-state index >= 15 is 0 Å². The van der Waals surface area contributed by atoms with E-state index < -0.39 is 5.54 Å². The Bertz CT molecular complexity index is 208. The van der Waals surface area contributed by atoms with Crippen molar-refractivity contribution in [1.29, 1.82) is 0 Å². The molecule has 0 aliphatic rings. The Hall–Kier alpha value is -0.120. The molecule has 0 saturated carbocycles. The van der Waals surface area contributed by atoms with Crippen LogP contribution < -0.4 is 5.73 Å². The summed E-state index contributed by atoms with van der Waals surface area (Å²) in [6, 6.07) is 0.855. The van der Waals surface area contributed by atoms with Crippen molar-refractivity contribution in [3.05, 3.63) is 0 Å². The van der Waals surface area contributed by atoms with Crippen LogP contribution >= 0.6 is 0 Å². The summed E-state index contributed by atoms with van der Waals surface area (Å²) in [4.78, 5) is 2.35. The minimum Gasteiger partial charge on any atom is -0.394 e. The molecular formula is C13H30N2O. The number of nitrogens with zero attached hydrogens (tertiary/aromatic N) is 1. The lowest BCUT2D eigenvalue weighted by Gasteiger charge is -2.41. The first kappa shape index (κ1) is 15.9. The van der Waals surface area contributed by atoms with Crippen molar-refractivity contribution < 1.29 is 5.11 Å². The summed E-state index contributed by atoms with van der Waals surface area (Å²) in [5, 5.41) is 9.18. The molecule has 0 heterocycles. The zero-order valence-corrected chi connectivity index (χ0v) is 12.0. The van der Waals surface area contributed by atoms with Crippen molar-refractivity contribution in [2.45, 2.75) is 65.6 Å². The Kier molecular flexibility index (Phi) is 5.44. The van der Waals surface area contributed by atoms with Crippen LogP contribution in [0.1, 0.15) is 48.0 Å². The van der Waals surface area contributed by atoms with Crippen LogP contribution in [0.5, 0.6) is 0 Å². The Balaban J connectivity index is 4.45. The van der Waals surface area contributed by atoms with E-state index in [1.807, 2.05) is 6.92 Å². The van der Waals surface area contributed by atoms with Gasteiger partial charge in [-0.25, -0.2) is 0 Å². The summed E-state index contributed by atoms with van der Waals surface area (Å²) in [7, 11) is 2.13. The lowest BCUT2D eigenvalue weighted by Crippen LogP contribution is -2.50. The summed E-state index contributed by atoms with van der Waals surface area (Å²) >= 11 is 0. The molecule has 0 rings (SSSR count). The third kappa shape index (κ3) is 4.81.